The van der Waals surface area contributed by atoms with Crippen LogP contribution in [0.2, 0.25) is 0 Å². The summed E-state index contributed by atoms with van der Waals surface area (Å²) >= 11 is 0. The minimum atomic E-state index is 0.0138. The van der Waals surface area contributed by atoms with E-state index in [4.69, 9.17) is 16.2 Å². The second-order valence-corrected chi connectivity index (χ2v) is 6.33. The number of nitrogens with two attached hydrogens (primary N) is 2. The Kier molecular flexibility index (Phi) is 4.12. The van der Waals surface area contributed by atoms with E-state index in [1.165, 1.54) is 11.1 Å². The molecule has 0 aliphatic heterocycles. The van der Waals surface area contributed by atoms with Gasteiger partial charge < -0.3 is 16.2 Å². The highest BCUT2D eigenvalue weighted by molar-refractivity contribution is 5.65. The van der Waals surface area contributed by atoms with Gasteiger partial charge in [-0.3, -0.25) is 0 Å². The summed E-state index contributed by atoms with van der Waals surface area (Å²) in [5, 5.41) is 0. The Hall–Kier alpha value is -2.16. The lowest BCUT2D eigenvalue weighted by Crippen LogP contribution is -2.13. The van der Waals surface area contributed by atoms with Gasteiger partial charge in [-0.15, -0.1) is 0 Å². The maximum Gasteiger partial charge on any atom is 0.131 e. The van der Waals surface area contributed by atoms with E-state index >= 15 is 0 Å². The van der Waals surface area contributed by atoms with E-state index in [-0.39, 0.29) is 5.41 Å². The second-order valence-electron chi connectivity index (χ2n) is 6.33. The van der Waals surface area contributed by atoms with Gasteiger partial charge in [0.15, 0.2) is 0 Å². The Labute approximate surface area is 126 Å². The second kappa shape index (κ2) is 5.68. The van der Waals surface area contributed by atoms with E-state index in [9.17, 15) is 0 Å². The molecule has 21 heavy (non-hydrogen) atoms. The van der Waals surface area contributed by atoms with Crippen molar-refractivity contribution < 1.29 is 4.74 Å². The third-order valence-corrected chi connectivity index (χ3v) is 3.55. The van der Waals surface area contributed by atoms with Crippen molar-refractivity contribution >= 4 is 11.4 Å². The normalized spacial score (nSPS) is 11.4. The molecule has 4 N–H and O–H groups in total. The van der Waals surface area contributed by atoms with Gasteiger partial charge in [0.2, 0.25) is 0 Å². The number of hydrogen-bond donors (Lipinski definition) is 2. The fraction of sp³-hybridized carbons (Fsp3) is 0.333. The summed E-state index contributed by atoms with van der Waals surface area (Å²) in [4.78, 5) is 0. The Bertz CT molecular complexity index is 642. The smallest absolute Gasteiger partial charge is 0.131 e. The summed E-state index contributed by atoms with van der Waals surface area (Å²) < 4.78 is 6.04. The zero-order chi connectivity index (χ0) is 15.6. The van der Waals surface area contributed by atoms with Crippen LogP contribution in [-0.4, -0.2) is 0 Å². The molecule has 0 fully saturated rings. The van der Waals surface area contributed by atoms with Crippen molar-refractivity contribution in [3.63, 3.8) is 0 Å². The van der Waals surface area contributed by atoms with Crippen molar-refractivity contribution in [2.45, 2.75) is 39.5 Å². The van der Waals surface area contributed by atoms with Crippen LogP contribution >= 0.6 is 0 Å². The first-order chi connectivity index (χ1) is 9.81. The molecule has 0 saturated carbocycles. The predicted molar refractivity (Wildman–Crippen MR) is 89.9 cm³/mol. The van der Waals surface area contributed by atoms with Crippen molar-refractivity contribution in [2.24, 2.45) is 0 Å². The summed E-state index contributed by atoms with van der Waals surface area (Å²) in [6.07, 6.45) is 1.01. The fourth-order valence-corrected chi connectivity index (χ4v) is 2.22. The molecule has 0 radical (unpaired) electrons. The third-order valence-electron chi connectivity index (χ3n) is 3.55. The molecule has 2 aromatic rings. The molecule has 0 atom stereocenters. The lowest BCUT2D eigenvalue weighted by atomic mass is 9.85. The molecule has 0 amide bonds. The lowest BCUT2D eigenvalue weighted by Gasteiger charge is -2.23. The van der Waals surface area contributed by atoms with Crippen molar-refractivity contribution in [3.05, 3.63) is 47.5 Å². The number of nitrogen functional groups attached to an aromatic ring is 2. The van der Waals surface area contributed by atoms with Gasteiger partial charge in [-0.25, -0.2) is 0 Å². The van der Waals surface area contributed by atoms with Crippen LogP contribution in [0.3, 0.4) is 0 Å². The number of rotatable bonds is 3. The number of ether oxygens (including phenoxy) is 1. The topological polar surface area (TPSA) is 61.3 Å². The van der Waals surface area contributed by atoms with Crippen LogP contribution in [0.4, 0.5) is 11.4 Å². The van der Waals surface area contributed by atoms with E-state index in [2.05, 4.69) is 39.8 Å². The van der Waals surface area contributed by atoms with E-state index in [0.29, 0.717) is 17.1 Å². The number of benzene rings is 2. The standard InChI is InChI=1S/C18H24N2O/c1-5-12-6-9-17(14(10-12)18(2,3)4)21-13-7-8-15(19)16(20)11-13/h6-11H,5,19-20H2,1-4H3. The Morgan fingerprint density at radius 3 is 2.24 bits per heavy atom. The Balaban J connectivity index is 2.41. The molecule has 0 unspecified atom stereocenters. The maximum absolute atomic E-state index is 6.04. The summed E-state index contributed by atoms with van der Waals surface area (Å²) in [5.74, 6) is 1.57. The van der Waals surface area contributed by atoms with Crippen LogP contribution in [0.1, 0.15) is 38.8 Å². The highest BCUT2D eigenvalue weighted by atomic mass is 16.5. The molecule has 2 rings (SSSR count). The number of aryl methyl sites for hydroxylation is 1. The van der Waals surface area contributed by atoms with E-state index in [0.717, 1.165) is 12.2 Å². The average Bonchev–Trinajstić information content (AvgIpc) is 2.42. The molecule has 3 heteroatoms. The van der Waals surface area contributed by atoms with Crippen LogP contribution in [-0.2, 0) is 11.8 Å². The minimum Gasteiger partial charge on any atom is -0.457 e. The SMILES string of the molecule is CCc1ccc(Oc2ccc(N)c(N)c2)c(C(C)(C)C)c1. The first-order valence-electron chi connectivity index (χ1n) is 7.27. The quantitative estimate of drug-likeness (QED) is 0.815. The van der Waals surface area contributed by atoms with Crippen LogP contribution in [0.15, 0.2) is 36.4 Å². The van der Waals surface area contributed by atoms with Gasteiger partial charge in [-0.2, -0.15) is 0 Å². The molecule has 0 spiro atoms. The molecule has 112 valence electrons. The Morgan fingerprint density at radius 1 is 0.952 bits per heavy atom. The molecule has 0 heterocycles. The van der Waals surface area contributed by atoms with Crippen LogP contribution in [0.5, 0.6) is 11.5 Å². The third kappa shape index (κ3) is 3.48. The van der Waals surface area contributed by atoms with Gasteiger partial charge in [0.1, 0.15) is 11.5 Å². The molecule has 0 aromatic heterocycles. The summed E-state index contributed by atoms with van der Waals surface area (Å²) in [7, 11) is 0. The summed E-state index contributed by atoms with van der Waals surface area (Å²) in [6, 6.07) is 11.7. The average molecular weight is 284 g/mol. The van der Waals surface area contributed by atoms with Crippen LogP contribution in [0.25, 0.3) is 0 Å². The van der Waals surface area contributed by atoms with Gasteiger partial charge in [0.05, 0.1) is 11.4 Å². The first kappa shape index (κ1) is 15.2. The fourth-order valence-electron chi connectivity index (χ4n) is 2.22. The van der Waals surface area contributed by atoms with E-state index in [1.807, 2.05) is 12.1 Å². The zero-order valence-electron chi connectivity index (χ0n) is 13.2. The zero-order valence-corrected chi connectivity index (χ0v) is 13.2. The van der Waals surface area contributed by atoms with Gasteiger partial charge in [-0.05, 0) is 35.6 Å². The summed E-state index contributed by atoms with van der Waals surface area (Å²) in [6.45, 7) is 8.72. The van der Waals surface area contributed by atoms with Gasteiger partial charge in [-0.1, -0.05) is 39.8 Å². The first-order valence-corrected chi connectivity index (χ1v) is 7.27. The van der Waals surface area contributed by atoms with Gasteiger partial charge in [0, 0.05) is 11.6 Å². The van der Waals surface area contributed by atoms with Crippen LogP contribution in [0, 0.1) is 0 Å². The van der Waals surface area contributed by atoms with Crippen LogP contribution < -0.4 is 16.2 Å². The predicted octanol–water partition coefficient (Wildman–Crippen LogP) is 4.50. The minimum absolute atomic E-state index is 0.0138. The molecular formula is C18H24N2O. The summed E-state index contributed by atoms with van der Waals surface area (Å²) in [5.41, 5.74) is 15.2. The van der Waals surface area contributed by atoms with Crippen molar-refractivity contribution in [2.75, 3.05) is 11.5 Å². The van der Waals surface area contributed by atoms with Crippen molar-refractivity contribution in [1.29, 1.82) is 0 Å². The molecule has 0 aliphatic rings. The van der Waals surface area contributed by atoms with Crippen molar-refractivity contribution in [1.82, 2.24) is 0 Å². The molecule has 0 saturated heterocycles. The van der Waals surface area contributed by atoms with E-state index in [1.54, 1.807) is 12.1 Å². The van der Waals surface area contributed by atoms with Crippen molar-refractivity contribution in [3.8, 4) is 11.5 Å². The van der Waals surface area contributed by atoms with E-state index < -0.39 is 0 Å². The molecule has 0 bridgehead atoms. The highest BCUT2D eigenvalue weighted by Crippen LogP contribution is 2.36. The number of anilines is 2. The molecule has 3 nitrogen and oxygen atoms in total. The highest BCUT2D eigenvalue weighted by Gasteiger charge is 2.20. The number of hydrogen-bond acceptors (Lipinski definition) is 3. The monoisotopic (exact) mass is 284 g/mol. The maximum atomic E-state index is 6.04. The van der Waals surface area contributed by atoms with Gasteiger partial charge >= 0.3 is 0 Å². The largest absolute Gasteiger partial charge is 0.457 e. The lowest BCUT2D eigenvalue weighted by molar-refractivity contribution is 0.455. The molecular weight excluding hydrogens is 260 g/mol. The molecule has 0 aliphatic carbocycles. The molecule has 2 aromatic carbocycles. The Morgan fingerprint density at radius 2 is 1.67 bits per heavy atom. The van der Waals surface area contributed by atoms with Gasteiger partial charge in [0.25, 0.3) is 0 Å².